The van der Waals surface area contributed by atoms with E-state index in [2.05, 4.69) is 20.5 Å². The van der Waals surface area contributed by atoms with Crippen molar-refractivity contribution in [2.45, 2.75) is 38.3 Å². The first-order valence-corrected chi connectivity index (χ1v) is 9.95. The maximum atomic E-state index is 12.2. The molecule has 1 saturated heterocycles. The highest BCUT2D eigenvalue weighted by Crippen LogP contribution is 2.13. The molecule has 0 radical (unpaired) electrons. The second-order valence-corrected chi connectivity index (χ2v) is 7.16. The minimum atomic E-state index is -0.0960. The average molecular weight is 380 g/mol. The molecular formula is C22H28N4O2. The van der Waals surface area contributed by atoms with Gasteiger partial charge in [-0.05, 0) is 43.5 Å². The van der Waals surface area contributed by atoms with Gasteiger partial charge in [-0.15, -0.1) is 0 Å². The lowest BCUT2D eigenvalue weighted by atomic mass is 10.0. The van der Waals surface area contributed by atoms with Gasteiger partial charge in [0.2, 0.25) is 5.91 Å². The van der Waals surface area contributed by atoms with E-state index in [1.165, 1.54) is 0 Å². The number of aromatic nitrogens is 1. The largest absolute Gasteiger partial charge is 0.353 e. The van der Waals surface area contributed by atoms with Gasteiger partial charge in [0.15, 0.2) is 0 Å². The molecule has 0 bridgehead atoms. The molecule has 0 aliphatic carbocycles. The normalized spacial score (nSPS) is 15.1. The van der Waals surface area contributed by atoms with Crippen LogP contribution in [0, 0.1) is 0 Å². The Morgan fingerprint density at radius 3 is 2.50 bits per heavy atom. The maximum Gasteiger partial charge on any atom is 0.251 e. The van der Waals surface area contributed by atoms with Gasteiger partial charge in [0, 0.05) is 50.4 Å². The Bertz CT molecular complexity index is 744. The molecule has 148 valence electrons. The van der Waals surface area contributed by atoms with Crippen LogP contribution >= 0.6 is 0 Å². The quantitative estimate of drug-likeness (QED) is 0.690. The number of amides is 2. The number of nitrogens with one attached hydrogen (secondary N) is 2. The lowest BCUT2D eigenvalue weighted by Gasteiger charge is -2.32. The third kappa shape index (κ3) is 6.46. The van der Waals surface area contributed by atoms with E-state index in [1.54, 1.807) is 12.1 Å². The van der Waals surface area contributed by atoms with Crippen molar-refractivity contribution in [3.63, 3.8) is 0 Å². The molecule has 0 unspecified atom stereocenters. The second kappa shape index (κ2) is 10.6. The molecule has 0 atom stereocenters. The molecule has 3 rings (SSSR count). The third-order valence-electron chi connectivity index (χ3n) is 4.97. The molecule has 1 fully saturated rings. The second-order valence-electron chi connectivity index (χ2n) is 7.16. The molecule has 2 amide bonds. The summed E-state index contributed by atoms with van der Waals surface area (Å²) >= 11 is 0. The number of carbonyl (C=O) groups is 2. The first-order valence-electron chi connectivity index (χ1n) is 9.95. The Balaban J connectivity index is 1.28. The summed E-state index contributed by atoms with van der Waals surface area (Å²) in [4.78, 5) is 30.8. The van der Waals surface area contributed by atoms with Gasteiger partial charge in [-0.3, -0.25) is 19.5 Å². The van der Waals surface area contributed by atoms with Gasteiger partial charge in [0.05, 0.1) is 5.69 Å². The summed E-state index contributed by atoms with van der Waals surface area (Å²) in [6, 6.07) is 15.3. The van der Waals surface area contributed by atoms with Gasteiger partial charge >= 0.3 is 0 Å². The molecule has 1 aromatic carbocycles. The number of hydrogen-bond donors (Lipinski definition) is 2. The third-order valence-corrected chi connectivity index (χ3v) is 4.97. The fourth-order valence-corrected chi connectivity index (χ4v) is 3.40. The zero-order chi connectivity index (χ0) is 19.6. The van der Waals surface area contributed by atoms with Crippen molar-refractivity contribution in [2.24, 2.45) is 0 Å². The molecule has 6 heteroatoms. The molecule has 28 heavy (non-hydrogen) atoms. The Morgan fingerprint density at radius 1 is 1.04 bits per heavy atom. The maximum absolute atomic E-state index is 12.2. The van der Waals surface area contributed by atoms with E-state index < -0.39 is 0 Å². The van der Waals surface area contributed by atoms with Crippen LogP contribution < -0.4 is 10.6 Å². The van der Waals surface area contributed by atoms with Gasteiger partial charge < -0.3 is 10.6 Å². The summed E-state index contributed by atoms with van der Waals surface area (Å²) in [5.41, 5.74) is 1.73. The van der Waals surface area contributed by atoms with Crippen LogP contribution in [0.3, 0.4) is 0 Å². The van der Waals surface area contributed by atoms with Crippen molar-refractivity contribution in [3.05, 3.63) is 66.0 Å². The fourth-order valence-electron chi connectivity index (χ4n) is 3.40. The average Bonchev–Trinajstić information content (AvgIpc) is 2.74. The molecule has 1 aliphatic heterocycles. The van der Waals surface area contributed by atoms with Crippen molar-refractivity contribution in [1.29, 1.82) is 0 Å². The van der Waals surface area contributed by atoms with E-state index >= 15 is 0 Å². The van der Waals surface area contributed by atoms with Crippen LogP contribution in [0.2, 0.25) is 0 Å². The summed E-state index contributed by atoms with van der Waals surface area (Å²) in [6.45, 7) is 3.30. The molecule has 1 aromatic heterocycles. The standard InChI is InChI=1S/C22H28N4O2/c27-21(10-6-14-24-22(28)18-7-2-1-3-8-18)25-19-11-15-26(16-12-19)17-20-9-4-5-13-23-20/h1-5,7-9,13,19H,6,10-12,14-17H2,(H,24,28)(H,25,27). The van der Waals surface area contributed by atoms with Crippen LogP contribution in [0.4, 0.5) is 0 Å². The van der Waals surface area contributed by atoms with Crippen LogP contribution in [0.5, 0.6) is 0 Å². The zero-order valence-corrected chi connectivity index (χ0v) is 16.1. The lowest BCUT2D eigenvalue weighted by Crippen LogP contribution is -2.44. The number of nitrogens with zero attached hydrogens (tertiary/aromatic N) is 2. The lowest BCUT2D eigenvalue weighted by molar-refractivity contribution is -0.122. The Labute approximate surface area is 166 Å². The molecule has 2 aromatic rings. The molecule has 0 spiro atoms. The number of rotatable bonds is 8. The molecule has 2 heterocycles. The minimum absolute atomic E-state index is 0.0668. The van der Waals surface area contributed by atoms with E-state index in [1.807, 2.05) is 42.6 Å². The zero-order valence-electron chi connectivity index (χ0n) is 16.1. The number of likely N-dealkylation sites (tertiary alicyclic amines) is 1. The van der Waals surface area contributed by atoms with Crippen molar-refractivity contribution in [2.75, 3.05) is 19.6 Å². The fraction of sp³-hybridized carbons (Fsp3) is 0.409. The highest BCUT2D eigenvalue weighted by Gasteiger charge is 2.20. The van der Waals surface area contributed by atoms with Crippen LogP contribution in [0.15, 0.2) is 54.7 Å². The number of piperidine rings is 1. The van der Waals surface area contributed by atoms with Crippen molar-refractivity contribution in [1.82, 2.24) is 20.5 Å². The topological polar surface area (TPSA) is 74.3 Å². The summed E-state index contributed by atoms with van der Waals surface area (Å²) < 4.78 is 0. The Morgan fingerprint density at radius 2 is 1.79 bits per heavy atom. The number of hydrogen-bond acceptors (Lipinski definition) is 4. The van der Waals surface area contributed by atoms with E-state index in [0.717, 1.165) is 38.2 Å². The first-order chi connectivity index (χ1) is 13.7. The number of carbonyl (C=O) groups excluding carboxylic acids is 2. The van der Waals surface area contributed by atoms with Crippen LogP contribution in [-0.4, -0.2) is 47.4 Å². The number of benzene rings is 1. The molecule has 1 aliphatic rings. The van der Waals surface area contributed by atoms with Gasteiger partial charge in [-0.1, -0.05) is 24.3 Å². The van der Waals surface area contributed by atoms with Gasteiger partial charge in [0.25, 0.3) is 5.91 Å². The molecule has 0 saturated carbocycles. The van der Waals surface area contributed by atoms with Crippen LogP contribution in [-0.2, 0) is 11.3 Å². The van der Waals surface area contributed by atoms with Gasteiger partial charge in [-0.2, -0.15) is 0 Å². The molecular weight excluding hydrogens is 352 g/mol. The van der Waals surface area contributed by atoms with Crippen molar-refractivity contribution < 1.29 is 9.59 Å². The smallest absolute Gasteiger partial charge is 0.251 e. The van der Waals surface area contributed by atoms with E-state index in [4.69, 9.17) is 0 Å². The molecule has 2 N–H and O–H groups in total. The van der Waals surface area contributed by atoms with Crippen molar-refractivity contribution in [3.8, 4) is 0 Å². The highest BCUT2D eigenvalue weighted by molar-refractivity contribution is 5.94. The molecule has 6 nitrogen and oxygen atoms in total. The summed E-state index contributed by atoms with van der Waals surface area (Å²) in [6.07, 6.45) is 4.82. The monoisotopic (exact) mass is 380 g/mol. The minimum Gasteiger partial charge on any atom is -0.353 e. The van der Waals surface area contributed by atoms with Crippen LogP contribution in [0.1, 0.15) is 41.7 Å². The SMILES string of the molecule is O=C(CCCNC(=O)c1ccccc1)NC1CCN(Cc2ccccn2)CC1. The van der Waals surface area contributed by atoms with Crippen molar-refractivity contribution >= 4 is 11.8 Å². The summed E-state index contributed by atoms with van der Waals surface area (Å²) in [5.74, 6) is -0.0292. The Hall–Kier alpha value is -2.73. The van der Waals surface area contributed by atoms with Gasteiger partial charge in [0.1, 0.15) is 0 Å². The van der Waals surface area contributed by atoms with E-state index in [-0.39, 0.29) is 17.9 Å². The van der Waals surface area contributed by atoms with Gasteiger partial charge in [-0.25, -0.2) is 0 Å². The predicted octanol–water partition coefficient (Wildman–Crippen LogP) is 2.37. The predicted molar refractivity (Wildman–Crippen MR) is 109 cm³/mol. The van der Waals surface area contributed by atoms with E-state index in [0.29, 0.717) is 24.9 Å². The highest BCUT2D eigenvalue weighted by atomic mass is 16.2. The summed E-state index contributed by atoms with van der Waals surface area (Å²) in [5, 5.41) is 5.98. The summed E-state index contributed by atoms with van der Waals surface area (Å²) in [7, 11) is 0. The van der Waals surface area contributed by atoms with E-state index in [9.17, 15) is 9.59 Å². The first kappa shape index (κ1) is 20.0. The van der Waals surface area contributed by atoms with Crippen LogP contribution in [0.25, 0.3) is 0 Å². The number of pyridine rings is 1. The Kier molecular flexibility index (Phi) is 7.55.